The van der Waals surface area contributed by atoms with Crippen molar-refractivity contribution in [3.8, 4) is 34.5 Å². The monoisotopic (exact) mass is 564 g/mol. The normalized spacial score (nSPS) is 11.6. The molecule has 0 N–H and O–H groups in total. The molecule has 0 unspecified atom stereocenters. The molecule has 0 atom stereocenters. The predicted molar refractivity (Wildman–Crippen MR) is 177 cm³/mol. The van der Waals surface area contributed by atoms with E-state index in [9.17, 15) is 0 Å². The first kappa shape index (κ1) is 24.5. The van der Waals surface area contributed by atoms with E-state index in [2.05, 4.69) is 123 Å². The Hall–Kier alpha value is -6.14. The Morgan fingerprint density at radius 1 is 0.364 bits per heavy atom. The van der Waals surface area contributed by atoms with E-state index in [0.29, 0.717) is 17.7 Å². The molecule has 4 heterocycles. The minimum atomic E-state index is 0.556. The van der Waals surface area contributed by atoms with Crippen LogP contribution in [0.4, 0.5) is 0 Å². The molecule has 0 saturated carbocycles. The Bertz CT molecular complexity index is 2270. The van der Waals surface area contributed by atoms with Crippen LogP contribution >= 0.6 is 0 Å². The summed E-state index contributed by atoms with van der Waals surface area (Å²) in [4.78, 5) is 20.3. The van der Waals surface area contributed by atoms with Crippen molar-refractivity contribution < 1.29 is 0 Å². The second kappa shape index (κ2) is 9.71. The van der Waals surface area contributed by atoms with E-state index < -0.39 is 0 Å². The molecule has 0 aliphatic heterocycles. The van der Waals surface area contributed by atoms with Crippen LogP contribution in [-0.2, 0) is 0 Å². The molecule has 0 aliphatic rings. The van der Waals surface area contributed by atoms with Crippen LogP contribution in [0.15, 0.2) is 146 Å². The highest BCUT2D eigenvalue weighted by Crippen LogP contribution is 2.35. The number of aromatic nitrogens is 6. The lowest BCUT2D eigenvalue weighted by Gasteiger charge is -2.14. The Labute approximate surface area is 252 Å². The summed E-state index contributed by atoms with van der Waals surface area (Å²) in [6, 6.07) is 47.8. The quantitative estimate of drug-likeness (QED) is 0.214. The molecule has 0 saturated heterocycles. The third-order valence-corrected chi connectivity index (χ3v) is 8.28. The van der Waals surface area contributed by atoms with E-state index in [-0.39, 0.29) is 0 Å². The van der Waals surface area contributed by atoms with Crippen molar-refractivity contribution in [1.82, 2.24) is 29.1 Å². The lowest BCUT2D eigenvalue weighted by Crippen LogP contribution is -2.10. The van der Waals surface area contributed by atoms with Crippen molar-refractivity contribution in [1.29, 1.82) is 0 Å². The molecule has 4 aromatic heterocycles. The predicted octanol–water partition coefficient (Wildman–Crippen LogP) is 8.79. The van der Waals surface area contributed by atoms with Gasteiger partial charge in [0.05, 0.1) is 27.8 Å². The molecule has 0 fully saturated rings. The Morgan fingerprint density at radius 2 is 0.773 bits per heavy atom. The molecule has 6 nitrogen and oxygen atoms in total. The van der Waals surface area contributed by atoms with E-state index in [1.165, 1.54) is 0 Å². The Balaban J connectivity index is 1.41. The highest BCUT2D eigenvalue weighted by atomic mass is 15.3. The van der Waals surface area contributed by atoms with Crippen LogP contribution < -0.4 is 0 Å². The molecule has 9 aromatic rings. The number of fused-ring (bicyclic) bond motifs is 6. The fraction of sp³-hybridized carbons (Fsp3) is 0. The maximum atomic E-state index is 5.23. The standard InChI is InChI=1S/C38H24N6/c1-2-18-30(25(13-1)31-19-11-12-24-39-31)36-40-37(43-32-20-7-3-14-26(32)27-15-4-8-21-33(27)43)42-38(41-36)44-34-22-9-5-16-28(34)29-17-6-10-23-35(29)44/h1-24H. The van der Waals surface area contributed by atoms with E-state index in [1.807, 2.05) is 36.5 Å². The third-order valence-electron chi connectivity index (χ3n) is 8.28. The molecule has 0 aliphatic carbocycles. The van der Waals surface area contributed by atoms with Crippen LogP contribution in [0.2, 0.25) is 0 Å². The summed E-state index contributed by atoms with van der Waals surface area (Å²) < 4.78 is 4.30. The summed E-state index contributed by atoms with van der Waals surface area (Å²) in [6.07, 6.45) is 1.81. The summed E-state index contributed by atoms with van der Waals surface area (Å²) in [7, 11) is 0. The first-order valence-electron chi connectivity index (χ1n) is 14.6. The zero-order chi connectivity index (χ0) is 29.0. The number of pyridine rings is 1. The zero-order valence-corrected chi connectivity index (χ0v) is 23.5. The summed E-state index contributed by atoms with van der Waals surface area (Å²) >= 11 is 0. The number of hydrogen-bond acceptors (Lipinski definition) is 4. The van der Waals surface area contributed by atoms with E-state index in [1.54, 1.807) is 0 Å². The Kier molecular flexibility index (Phi) is 5.40. The van der Waals surface area contributed by atoms with Gasteiger partial charge in [0.25, 0.3) is 0 Å². The van der Waals surface area contributed by atoms with Gasteiger partial charge >= 0.3 is 0 Å². The summed E-state index contributed by atoms with van der Waals surface area (Å²) in [5, 5.41) is 4.60. The zero-order valence-electron chi connectivity index (χ0n) is 23.5. The van der Waals surface area contributed by atoms with Crippen LogP contribution in [0.1, 0.15) is 0 Å². The highest BCUT2D eigenvalue weighted by Gasteiger charge is 2.21. The van der Waals surface area contributed by atoms with Crippen LogP contribution in [0.25, 0.3) is 78.2 Å². The molecule has 0 radical (unpaired) electrons. The lowest BCUT2D eigenvalue weighted by molar-refractivity contribution is 0.893. The average Bonchev–Trinajstić information content (AvgIpc) is 3.62. The molecule has 9 rings (SSSR count). The van der Waals surface area contributed by atoms with Gasteiger partial charge in [-0.25, -0.2) is 0 Å². The maximum Gasteiger partial charge on any atom is 0.240 e. The van der Waals surface area contributed by atoms with Crippen molar-refractivity contribution in [2.75, 3.05) is 0 Å². The second-order valence-corrected chi connectivity index (χ2v) is 10.8. The summed E-state index contributed by atoms with van der Waals surface area (Å²) in [6.45, 7) is 0. The number of para-hydroxylation sites is 4. The van der Waals surface area contributed by atoms with Gasteiger partial charge in [-0.05, 0) is 36.4 Å². The molecule has 0 bridgehead atoms. The first-order valence-corrected chi connectivity index (χ1v) is 14.6. The maximum absolute atomic E-state index is 5.23. The number of benzene rings is 5. The van der Waals surface area contributed by atoms with E-state index in [0.717, 1.165) is 60.4 Å². The van der Waals surface area contributed by atoms with Crippen molar-refractivity contribution in [2.24, 2.45) is 0 Å². The first-order chi connectivity index (χ1) is 21.8. The van der Waals surface area contributed by atoms with Gasteiger partial charge in [0.1, 0.15) is 0 Å². The van der Waals surface area contributed by atoms with Crippen molar-refractivity contribution in [3.05, 3.63) is 146 Å². The van der Waals surface area contributed by atoms with Gasteiger partial charge in [-0.15, -0.1) is 0 Å². The minimum absolute atomic E-state index is 0.556. The summed E-state index contributed by atoms with van der Waals surface area (Å²) in [5.41, 5.74) is 6.86. The van der Waals surface area contributed by atoms with E-state index >= 15 is 0 Å². The minimum Gasteiger partial charge on any atom is -0.278 e. The Morgan fingerprint density at radius 3 is 1.23 bits per heavy atom. The van der Waals surface area contributed by atoms with Crippen molar-refractivity contribution in [3.63, 3.8) is 0 Å². The molecule has 0 amide bonds. The molecule has 0 spiro atoms. The smallest absolute Gasteiger partial charge is 0.240 e. The topological polar surface area (TPSA) is 61.4 Å². The second-order valence-electron chi connectivity index (χ2n) is 10.8. The van der Waals surface area contributed by atoms with Gasteiger partial charge in [-0.1, -0.05) is 103 Å². The molecule has 206 valence electrons. The van der Waals surface area contributed by atoms with Crippen LogP contribution in [0.3, 0.4) is 0 Å². The van der Waals surface area contributed by atoms with Gasteiger partial charge in [-0.3, -0.25) is 14.1 Å². The van der Waals surface area contributed by atoms with Crippen LogP contribution in [0, 0.1) is 0 Å². The molecule has 5 aromatic carbocycles. The van der Waals surface area contributed by atoms with Crippen LogP contribution in [-0.4, -0.2) is 29.1 Å². The average molecular weight is 565 g/mol. The number of hydrogen-bond donors (Lipinski definition) is 0. The fourth-order valence-electron chi connectivity index (χ4n) is 6.37. The van der Waals surface area contributed by atoms with Gasteiger partial charge in [0.2, 0.25) is 11.9 Å². The van der Waals surface area contributed by atoms with Gasteiger partial charge in [0, 0.05) is 38.9 Å². The largest absolute Gasteiger partial charge is 0.278 e. The molecular weight excluding hydrogens is 540 g/mol. The molecule has 6 heteroatoms. The third kappa shape index (κ3) is 3.68. The molecular formula is C38H24N6. The fourth-order valence-corrected chi connectivity index (χ4v) is 6.37. The van der Waals surface area contributed by atoms with Gasteiger partial charge in [0.15, 0.2) is 5.82 Å². The van der Waals surface area contributed by atoms with Crippen LogP contribution in [0.5, 0.6) is 0 Å². The SMILES string of the molecule is c1ccc(-c2ccccc2-c2nc(-n3c4ccccc4c4ccccc43)nc(-n3c4ccccc4c4ccccc43)n2)nc1. The van der Waals surface area contributed by atoms with Gasteiger partial charge < -0.3 is 0 Å². The summed E-state index contributed by atoms with van der Waals surface area (Å²) in [5.74, 6) is 1.69. The lowest BCUT2D eigenvalue weighted by atomic mass is 10.0. The van der Waals surface area contributed by atoms with Gasteiger partial charge in [-0.2, -0.15) is 15.0 Å². The number of rotatable bonds is 4. The number of nitrogens with zero attached hydrogens (tertiary/aromatic N) is 6. The van der Waals surface area contributed by atoms with Crippen molar-refractivity contribution in [2.45, 2.75) is 0 Å². The molecule has 44 heavy (non-hydrogen) atoms. The highest BCUT2D eigenvalue weighted by molar-refractivity contribution is 6.10. The van der Waals surface area contributed by atoms with E-state index in [4.69, 9.17) is 15.0 Å². The van der Waals surface area contributed by atoms with Crippen molar-refractivity contribution >= 4 is 43.6 Å².